The normalized spacial score (nSPS) is 10.8. The van der Waals surface area contributed by atoms with Crippen LogP contribution in [0.5, 0.6) is 5.75 Å². The number of anilines is 1. The van der Waals surface area contributed by atoms with Crippen molar-refractivity contribution >= 4 is 23.2 Å². The summed E-state index contributed by atoms with van der Waals surface area (Å²) in [5, 5.41) is 34.7. The van der Waals surface area contributed by atoms with E-state index in [1.54, 1.807) is 30.3 Å². The molecule has 0 fully saturated rings. The van der Waals surface area contributed by atoms with Gasteiger partial charge in [0.1, 0.15) is 29.2 Å². The molecule has 0 aliphatic heterocycles. The predicted molar refractivity (Wildman–Crippen MR) is 106 cm³/mol. The number of allylic oxidation sites excluding steroid dienone is 1. The number of nitro groups is 1. The van der Waals surface area contributed by atoms with Crippen molar-refractivity contribution in [3.63, 3.8) is 0 Å². The van der Waals surface area contributed by atoms with E-state index in [0.29, 0.717) is 11.3 Å². The number of hydrogen-bond acceptors (Lipinski definition) is 7. The highest BCUT2D eigenvalue weighted by Gasteiger charge is 2.21. The molecule has 1 heterocycles. The Morgan fingerprint density at radius 3 is 2.59 bits per heavy atom. The van der Waals surface area contributed by atoms with Crippen LogP contribution in [0.15, 0.2) is 48.5 Å². The number of benzene rings is 2. The Morgan fingerprint density at radius 2 is 2.00 bits per heavy atom. The maximum absolute atomic E-state index is 11.2. The van der Waals surface area contributed by atoms with Gasteiger partial charge in [-0.2, -0.15) is 15.6 Å². The fourth-order valence-electron chi connectivity index (χ4n) is 2.76. The predicted octanol–water partition coefficient (Wildman–Crippen LogP) is 3.31. The van der Waals surface area contributed by atoms with Crippen LogP contribution in [-0.4, -0.2) is 21.8 Å². The molecule has 0 spiro atoms. The van der Waals surface area contributed by atoms with Gasteiger partial charge in [0.25, 0.3) is 0 Å². The van der Waals surface area contributed by atoms with E-state index in [2.05, 4.69) is 5.10 Å². The molecule has 9 heteroatoms. The standard InChI is InChI=1S/C20H14N6O3/c1-29-18-8-7-13(10-17(18)26(27)28)9-14(11-21)19-16(12-22)20(23)25(24-19)15-5-3-2-4-6-15/h2-10H,23H2,1H3/b14-9-. The third-order valence-corrected chi connectivity index (χ3v) is 4.12. The van der Waals surface area contributed by atoms with E-state index in [9.17, 15) is 20.6 Å². The number of methoxy groups -OCH3 is 1. The van der Waals surface area contributed by atoms with E-state index in [1.165, 1.54) is 30.0 Å². The number of rotatable bonds is 5. The van der Waals surface area contributed by atoms with Crippen LogP contribution in [0.2, 0.25) is 0 Å². The molecular formula is C20H14N6O3. The number of nitro benzene ring substituents is 1. The molecule has 3 aromatic rings. The van der Waals surface area contributed by atoms with Crippen LogP contribution in [0.25, 0.3) is 17.3 Å². The molecule has 9 nitrogen and oxygen atoms in total. The topological polar surface area (TPSA) is 144 Å². The van der Waals surface area contributed by atoms with Crippen LogP contribution in [0.1, 0.15) is 16.8 Å². The minimum atomic E-state index is -0.578. The lowest BCUT2D eigenvalue weighted by molar-refractivity contribution is -0.385. The molecule has 2 N–H and O–H groups in total. The number of nitriles is 2. The Morgan fingerprint density at radius 1 is 1.28 bits per heavy atom. The molecule has 0 saturated heterocycles. The summed E-state index contributed by atoms with van der Waals surface area (Å²) in [4.78, 5) is 10.6. The number of para-hydroxylation sites is 1. The molecule has 0 amide bonds. The molecule has 0 unspecified atom stereocenters. The first-order valence-corrected chi connectivity index (χ1v) is 8.28. The fourth-order valence-corrected chi connectivity index (χ4v) is 2.76. The average Bonchev–Trinajstić information content (AvgIpc) is 3.08. The lowest BCUT2D eigenvalue weighted by Gasteiger charge is -2.03. The monoisotopic (exact) mass is 386 g/mol. The van der Waals surface area contributed by atoms with Crippen LogP contribution < -0.4 is 10.5 Å². The summed E-state index contributed by atoms with van der Waals surface area (Å²) in [6.45, 7) is 0. The second-order valence-corrected chi connectivity index (χ2v) is 5.83. The molecule has 0 aliphatic rings. The summed E-state index contributed by atoms with van der Waals surface area (Å²) in [6, 6.07) is 17.2. The van der Waals surface area contributed by atoms with Crippen molar-refractivity contribution < 1.29 is 9.66 Å². The van der Waals surface area contributed by atoms with Gasteiger partial charge in [0, 0.05) is 6.07 Å². The lowest BCUT2D eigenvalue weighted by atomic mass is 10.1. The van der Waals surface area contributed by atoms with E-state index >= 15 is 0 Å². The molecule has 29 heavy (non-hydrogen) atoms. The molecule has 0 aliphatic carbocycles. The van der Waals surface area contributed by atoms with Gasteiger partial charge >= 0.3 is 5.69 Å². The second-order valence-electron chi connectivity index (χ2n) is 5.83. The van der Waals surface area contributed by atoms with Gasteiger partial charge in [0.15, 0.2) is 5.75 Å². The summed E-state index contributed by atoms with van der Waals surface area (Å²) >= 11 is 0. The molecule has 0 radical (unpaired) electrons. The van der Waals surface area contributed by atoms with Gasteiger partial charge in [-0.3, -0.25) is 10.1 Å². The summed E-state index contributed by atoms with van der Waals surface area (Å²) in [7, 11) is 1.33. The molecule has 142 valence electrons. The fraction of sp³-hybridized carbons (Fsp3) is 0.0500. The molecule has 0 saturated carbocycles. The minimum absolute atomic E-state index is 0.0439. The highest BCUT2D eigenvalue weighted by molar-refractivity contribution is 5.91. The zero-order chi connectivity index (χ0) is 21.0. The quantitative estimate of drug-likeness (QED) is 0.402. The van der Waals surface area contributed by atoms with Crippen molar-refractivity contribution in [2.45, 2.75) is 0 Å². The van der Waals surface area contributed by atoms with Crippen LogP contribution >= 0.6 is 0 Å². The van der Waals surface area contributed by atoms with Crippen LogP contribution in [0.3, 0.4) is 0 Å². The zero-order valence-electron chi connectivity index (χ0n) is 15.2. The zero-order valence-corrected chi connectivity index (χ0v) is 15.2. The van der Waals surface area contributed by atoms with E-state index in [4.69, 9.17) is 10.5 Å². The Balaban J connectivity index is 2.15. The number of ether oxygens (including phenoxy) is 1. The Kier molecular flexibility index (Phi) is 5.24. The number of aromatic nitrogens is 2. The highest BCUT2D eigenvalue weighted by atomic mass is 16.6. The summed E-state index contributed by atoms with van der Waals surface area (Å²) in [5.41, 5.74) is 7.02. The largest absolute Gasteiger partial charge is 0.490 e. The maximum Gasteiger partial charge on any atom is 0.311 e. The lowest BCUT2D eigenvalue weighted by Crippen LogP contribution is -2.02. The summed E-state index contributed by atoms with van der Waals surface area (Å²) in [6.07, 6.45) is 1.41. The van der Waals surface area contributed by atoms with Gasteiger partial charge in [-0.05, 0) is 29.8 Å². The van der Waals surface area contributed by atoms with Crippen molar-refractivity contribution in [3.05, 3.63) is 75.5 Å². The highest BCUT2D eigenvalue weighted by Crippen LogP contribution is 2.31. The molecular weight excluding hydrogens is 372 g/mol. The number of nitrogen functional groups attached to an aromatic ring is 1. The van der Waals surface area contributed by atoms with Crippen LogP contribution in [0.4, 0.5) is 11.5 Å². The second kappa shape index (κ2) is 7.94. The van der Waals surface area contributed by atoms with E-state index in [1.807, 2.05) is 18.2 Å². The van der Waals surface area contributed by atoms with Gasteiger partial charge in [-0.25, -0.2) is 4.68 Å². The van der Waals surface area contributed by atoms with Gasteiger partial charge in [0.2, 0.25) is 0 Å². The number of hydrogen-bond donors (Lipinski definition) is 1. The first-order chi connectivity index (χ1) is 14.0. The van der Waals surface area contributed by atoms with E-state index in [-0.39, 0.29) is 34.1 Å². The summed E-state index contributed by atoms with van der Waals surface area (Å²) < 4.78 is 6.35. The Bertz CT molecular complexity index is 1200. The first kappa shape index (κ1) is 19.1. The van der Waals surface area contributed by atoms with Crippen LogP contribution in [-0.2, 0) is 0 Å². The average molecular weight is 386 g/mol. The SMILES string of the molecule is COc1ccc(/C=C(/C#N)c2nn(-c3ccccc3)c(N)c2C#N)cc1[N+](=O)[O-]. The molecule has 2 aromatic carbocycles. The van der Waals surface area contributed by atoms with Crippen molar-refractivity contribution in [2.24, 2.45) is 0 Å². The van der Waals surface area contributed by atoms with Gasteiger partial charge < -0.3 is 10.5 Å². The first-order valence-electron chi connectivity index (χ1n) is 8.28. The molecule has 3 rings (SSSR count). The van der Waals surface area contributed by atoms with Crippen LogP contribution in [0, 0.1) is 32.8 Å². The van der Waals surface area contributed by atoms with E-state index < -0.39 is 4.92 Å². The van der Waals surface area contributed by atoms with Crippen molar-refractivity contribution in [1.29, 1.82) is 10.5 Å². The molecule has 1 aromatic heterocycles. The van der Waals surface area contributed by atoms with Crippen molar-refractivity contribution in [3.8, 4) is 23.6 Å². The smallest absolute Gasteiger partial charge is 0.311 e. The number of nitrogens with zero attached hydrogens (tertiary/aromatic N) is 5. The molecule has 0 bridgehead atoms. The third kappa shape index (κ3) is 3.61. The Labute approximate surface area is 165 Å². The molecule has 0 atom stereocenters. The summed E-state index contributed by atoms with van der Waals surface area (Å²) in [5.74, 6) is 0.191. The minimum Gasteiger partial charge on any atom is -0.490 e. The maximum atomic E-state index is 11.2. The van der Waals surface area contributed by atoms with E-state index in [0.717, 1.165) is 0 Å². The van der Waals surface area contributed by atoms with Gasteiger partial charge in [-0.1, -0.05) is 24.3 Å². The van der Waals surface area contributed by atoms with Crippen molar-refractivity contribution in [2.75, 3.05) is 12.8 Å². The Hall–Kier alpha value is -4.63. The third-order valence-electron chi connectivity index (χ3n) is 4.12. The van der Waals surface area contributed by atoms with Gasteiger partial charge in [0.05, 0.1) is 23.3 Å². The number of nitrogens with two attached hydrogens (primary N) is 1. The van der Waals surface area contributed by atoms with Crippen molar-refractivity contribution in [1.82, 2.24) is 9.78 Å². The van der Waals surface area contributed by atoms with Gasteiger partial charge in [-0.15, -0.1) is 0 Å².